The predicted octanol–water partition coefficient (Wildman–Crippen LogP) is 4.50. The van der Waals surface area contributed by atoms with Crippen LogP contribution in [0.25, 0.3) is 0 Å². The maximum atomic E-state index is 13.1. The molecule has 4 aromatic rings. The van der Waals surface area contributed by atoms with Crippen LogP contribution in [0.5, 0.6) is 5.88 Å². The Kier molecular flexibility index (Phi) is 5.62. The van der Waals surface area contributed by atoms with Crippen molar-refractivity contribution in [1.29, 1.82) is 0 Å². The van der Waals surface area contributed by atoms with Crippen molar-refractivity contribution >= 4 is 11.7 Å². The molecule has 4 rings (SSSR count). The molecule has 0 aliphatic carbocycles. The van der Waals surface area contributed by atoms with Crippen molar-refractivity contribution in [1.82, 2.24) is 10.1 Å². The summed E-state index contributed by atoms with van der Waals surface area (Å²) < 4.78 is 10.9. The first kappa shape index (κ1) is 18.4. The molecule has 0 bridgehead atoms. The highest BCUT2D eigenvalue weighted by Gasteiger charge is 2.23. The van der Waals surface area contributed by atoms with E-state index in [0.29, 0.717) is 19.0 Å². The van der Waals surface area contributed by atoms with Crippen LogP contribution < -0.4 is 9.64 Å². The second-order valence-corrected chi connectivity index (χ2v) is 6.37. The van der Waals surface area contributed by atoms with Crippen molar-refractivity contribution in [3.05, 3.63) is 108 Å². The van der Waals surface area contributed by atoms with Gasteiger partial charge >= 0.3 is 0 Å². The fourth-order valence-corrected chi connectivity index (χ4v) is 2.83. The normalized spacial score (nSPS) is 10.5. The Balaban J connectivity index is 1.52. The van der Waals surface area contributed by atoms with E-state index < -0.39 is 0 Å². The van der Waals surface area contributed by atoms with Gasteiger partial charge < -0.3 is 9.26 Å². The molecule has 29 heavy (non-hydrogen) atoms. The van der Waals surface area contributed by atoms with Crippen LogP contribution in [-0.2, 0) is 13.2 Å². The van der Waals surface area contributed by atoms with Gasteiger partial charge in [0, 0.05) is 6.20 Å². The molecule has 0 fully saturated rings. The number of rotatable bonds is 7. The largest absolute Gasteiger partial charge is 0.471 e. The van der Waals surface area contributed by atoms with Gasteiger partial charge in [-0.15, -0.1) is 0 Å². The van der Waals surface area contributed by atoms with Crippen LogP contribution in [0, 0.1) is 0 Å². The Morgan fingerprint density at radius 3 is 2.28 bits per heavy atom. The minimum Gasteiger partial charge on any atom is -0.471 e. The van der Waals surface area contributed by atoms with E-state index in [9.17, 15) is 4.79 Å². The van der Waals surface area contributed by atoms with Gasteiger partial charge in [0.2, 0.25) is 5.76 Å². The summed E-state index contributed by atoms with van der Waals surface area (Å²) in [5, 5.41) is 3.87. The van der Waals surface area contributed by atoms with E-state index in [1.807, 2.05) is 66.7 Å². The van der Waals surface area contributed by atoms with Gasteiger partial charge in [-0.3, -0.25) is 9.69 Å². The highest BCUT2D eigenvalue weighted by Crippen LogP contribution is 2.20. The minimum atomic E-state index is -0.338. The summed E-state index contributed by atoms with van der Waals surface area (Å²) in [5.74, 6) is 0.548. The minimum absolute atomic E-state index is 0.0923. The molecule has 0 atom stereocenters. The zero-order valence-corrected chi connectivity index (χ0v) is 15.6. The summed E-state index contributed by atoms with van der Waals surface area (Å²) in [6.07, 6.45) is 1.65. The average Bonchev–Trinajstić information content (AvgIpc) is 3.27. The van der Waals surface area contributed by atoms with Gasteiger partial charge in [-0.25, -0.2) is 4.98 Å². The van der Waals surface area contributed by atoms with Crippen molar-refractivity contribution in [2.75, 3.05) is 4.90 Å². The Bertz CT molecular complexity index is 1050. The fourth-order valence-electron chi connectivity index (χ4n) is 2.83. The topological polar surface area (TPSA) is 68.5 Å². The maximum absolute atomic E-state index is 13.1. The first-order chi connectivity index (χ1) is 14.3. The molecule has 1 amide bonds. The lowest BCUT2D eigenvalue weighted by Crippen LogP contribution is -2.30. The number of carbonyl (C=O) groups excluding carboxylic acids is 1. The van der Waals surface area contributed by atoms with Gasteiger partial charge in [-0.2, -0.15) is 0 Å². The number of nitrogens with zero attached hydrogens (tertiary/aromatic N) is 3. The van der Waals surface area contributed by atoms with Crippen LogP contribution in [-0.4, -0.2) is 16.0 Å². The van der Waals surface area contributed by atoms with Gasteiger partial charge in [0.1, 0.15) is 12.4 Å². The van der Waals surface area contributed by atoms with Gasteiger partial charge in [0.05, 0.1) is 12.6 Å². The third-order valence-corrected chi connectivity index (χ3v) is 4.28. The Labute approximate surface area is 168 Å². The zero-order chi connectivity index (χ0) is 19.9. The summed E-state index contributed by atoms with van der Waals surface area (Å²) >= 11 is 0. The first-order valence-corrected chi connectivity index (χ1v) is 9.20. The number of anilines is 1. The third-order valence-electron chi connectivity index (χ3n) is 4.28. The number of pyridine rings is 1. The molecular formula is C23H19N3O3. The summed E-state index contributed by atoms with van der Waals surface area (Å²) in [4.78, 5) is 19.0. The lowest BCUT2D eigenvalue weighted by atomic mass is 10.2. The Hall–Kier alpha value is -3.93. The van der Waals surface area contributed by atoms with Gasteiger partial charge in [0.15, 0.2) is 0 Å². The lowest BCUT2D eigenvalue weighted by molar-refractivity contribution is 0.0948. The number of ether oxygens (including phenoxy) is 1. The molecule has 0 saturated carbocycles. The monoisotopic (exact) mass is 385 g/mol. The summed E-state index contributed by atoms with van der Waals surface area (Å²) in [5.41, 5.74) is 1.98. The van der Waals surface area contributed by atoms with Crippen LogP contribution in [0.3, 0.4) is 0 Å². The molecule has 2 aromatic carbocycles. The van der Waals surface area contributed by atoms with Crippen molar-refractivity contribution in [3.8, 4) is 5.88 Å². The summed E-state index contributed by atoms with van der Waals surface area (Å²) in [6.45, 7) is 0.701. The smallest absolute Gasteiger partial charge is 0.298 e. The molecule has 2 heterocycles. The average molecular weight is 385 g/mol. The molecule has 2 aromatic heterocycles. The number of carbonyl (C=O) groups is 1. The summed E-state index contributed by atoms with van der Waals surface area (Å²) in [7, 11) is 0. The lowest BCUT2D eigenvalue weighted by Gasteiger charge is -2.20. The van der Waals surface area contributed by atoms with Crippen molar-refractivity contribution in [2.45, 2.75) is 13.2 Å². The van der Waals surface area contributed by atoms with E-state index in [0.717, 1.165) is 11.1 Å². The van der Waals surface area contributed by atoms with Crippen LogP contribution in [0.15, 0.2) is 95.6 Å². The highest BCUT2D eigenvalue weighted by atomic mass is 16.5. The molecule has 0 aliphatic heterocycles. The van der Waals surface area contributed by atoms with Crippen LogP contribution in [0.2, 0.25) is 0 Å². The molecule has 0 spiro atoms. The van der Waals surface area contributed by atoms with E-state index in [1.165, 1.54) is 6.07 Å². The summed E-state index contributed by atoms with van der Waals surface area (Å²) in [6, 6.07) is 26.4. The molecule has 0 aliphatic rings. The standard InChI is InChI=1S/C23H19N3O3/c27-23(20-15-22(25-29-20)28-17-19-11-5-2-6-12-19)26(21-13-7-8-14-24-21)16-18-9-3-1-4-10-18/h1-15H,16-17H2. The van der Waals surface area contributed by atoms with Crippen LogP contribution in [0.4, 0.5) is 5.82 Å². The molecule has 144 valence electrons. The molecule has 0 saturated heterocycles. The van der Waals surface area contributed by atoms with Crippen LogP contribution >= 0.6 is 0 Å². The van der Waals surface area contributed by atoms with Gasteiger partial charge in [-0.05, 0) is 28.4 Å². The van der Waals surface area contributed by atoms with E-state index >= 15 is 0 Å². The highest BCUT2D eigenvalue weighted by molar-refractivity contribution is 6.03. The maximum Gasteiger partial charge on any atom is 0.298 e. The SMILES string of the molecule is O=C(c1cc(OCc2ccccc2)no1)N(Cc1ccccc1)c1ccccn1. The van der Waals surface area contributed by atoms with E-state index in [4.69, 9.17) is 9.26 Å². The zero-order valence-electron chi connectivity index (χ0n) is 15.6. The van der Waals surface area contributed by atoms with Crippen LogP contribution in [0.1, 0.15) is 21.7 Å². The Morgan fingerprint density at radius 1 is 0.897 bits per heavy atom. The van der Waals surface area contributed by atoms with E-state index in [-0.39, 0.29) is 17.5 Å². The molecule has 0 N–H and O–H groups in total. The fraction of sp³-hybridized carbons (Fsp3) is 0.0870. The molecule has 6 heteroatoms. The van der Waals surface area contributed by atoms with Crippen molar-refractivity contribution in [3.63, 3.8) is 0 Å². The Morgan fingerprint density at radius 2 is 1.59 bits per heavy atom. The third kappa shape index (κ3) is 4.68. The van der Waals surface area contributed by atoms with E-state index in [1.54, 1.807) is 23.2 Å². The number of aromatic nitrogens is 2. The number of benzene rings is 2. The van der Waals surface area contributed by atoms with Crippen molar-refractivity contribution < 1.29 is 14.1 Å². The van der Waals surface area contributed by atoms with Gasteiger partial charge in [0.25, 0.3) is 11.8 Å². The number of hydrogen-bond donors (Lipinski definition) is 0. The number of hydrogen-bond acceptors (Lipinski definition) is 5. The van der Waals surface area contributed by atoms with Gasteiger partial charge in [-0.1, -0.05) is 66.7 Å². The molecular weight excluding hydrogens is 366 g/mol. The second-order valence-electron chi connectivity index (χ2n) is 6.37. The predicted molar refractivity (Wildman–Crippen MR) is 108 cm³/mol. The van der Waals surface area contributed by atoms with Crippen molar-refractivity contribution in [2.24, 2.45) is 0 Å². The first-order valence-electron chi connectivity index (χ1n) is 9.20. The molecule has 0 unspecified atom stereocenters. The quantitative estimate of drug-likeness (QED) is 0.469. The van der Waals surface area contributed by atoms with E-state index in [2.05, 4.69) is 10.1 Å². The second kappa shape index (κ2) is 8.84. The number of amides is 1. The molecule has 0 radical (unpaired) electrons. The molecule has 6 nitrogen and oxygen atoms in total.